The minimum absolute atomic E-state index is 0.119. The van der Waals surface area contributed by atoms with Gasteiger partial charge in [-0.15, -0.1) is 0 Å². The molecule has 1 heterocycles. The number of oxazole rings is 1. The van der Waals surface area contributed by atoms with E-state index in [1.807, 2.05) is 30.3 Å². The Bertz CT molecular complexity index is 1540. The summed E-state index contributed by atoms with van der Waals surface area (Å²) in [4.78, 5) is 17.2. The number of thiocarbonyl (C=S) groups is 1. The van der Waals surface area contributed by atoms with Crippen molar-refractivity contribution in [1.82, 2.24) is 10.3 Å². The van der Waals surface area contributed by atoms with Gasteiger partial charge >= 0.3 is 0 Å². The van der Waals surface area contributed by atoms with Gasteiger partial charge in [0.1, 0.15) is 5.52 Å². The Balaban J connectivity index is 1.37. The van der Waals surface area contributed by atoms with Crippen LogP contribution in [0, 0.1) is 0 Å². The molecule has 0 atom stereocenters. The number of nitrogens with one attached hydrogen (secondary N) is 2. The number of halogens is 2. The number of hydrogen-bond acceptors (Lipinski definition) is 4. The first-order valence-electron chi connectivity index (χ1n) is 9.95. The summed E-state index contributed by atoms with van der Waals surface area (Å²) in [5.41, 5.74) is 3.11. The molecule has 162 valence electrons. The molecule has 4 aromatic carbocycles. The first-order chi connectivity index (χ1) is 16.0. The average Bonchev–Trinajstić information content (AvgIpc) is 3.23. The van der Waals surface area contributed by atoms with Crippen LogP contribution in [0.1, 0.15) is 10.4 Å². The van der Waals surface area contributed by atoms with E-state index in [0.717, 1.165) is 16.3 Å². The second kappa shape index (κ2) is 8.83. The lowest BCUT2D eigenvalue weighted by molar-refractivity contribution is 0.0978. The summed E-state index contributed by atoms with van der Waals surface area (Å²) in [6.07, 6.45) is 0. The van der Waals surface area contributed by atoms with Crippen LogP contribution in [0.15, 0.2) is 83.3 Å². The fourth-order valence-corrected chi connectivity index (χ4v) is 4.14. The van der Waals surface area contributed by atoms with Gasteiger partial charge in [-0.3, -0.25) is 10.1 Å². The van der Waals surface area contributed by atoms with Crippen LogP contribution in [0.3, 0.4) is 0 Å². The zero-order valence-electron chi connectivity index (χ0n) is 16.9. The zero-order chi connectivity index (χ0) is 22.9. The molecule has 0 fully saturated rings. The average molecular weight is 492 g/mol. The molecule has 0 bridgehead atoms. The summed E-state index contributed by atoms with van der Waals surface area (Å²) in [6, 6.07) is 24.3. The molecule has 5 nitrogen and oxygen atoms in total. The topological polar surface area (TPSA) is 67.2 Å². The lowest BCUT2D eigenvalue weighted by Crippen LogP contribution is -2.34. The van der Waals surface area contributed by atoms with Gasteiger partial charge in [0.25, 0.3) is 5.91 Å². The highest BCUT2D eigenvalue weighted by Gasteiger charge is 2.15. The molecule has 0 unspecified atom stereocenters. The van der Waals surface area contributed by atoms with Gasteiger partial charge < -0.3 is 9.73 Å². The quantitative estimate of drug-likeness (QED) is 0.264. The molecule has 5 aromatic rings. The highest BCUT2D eigenvalue weighted by atomic mass is 35.5. The first kappa shape index (κ1) is 21.4. The Labute approximate surface area is 204 Å². The van der Waals surface area contributed by atoms with Gasteiger partial charge in [-0.25, -0.2) is 4.98 Å². The number of hydrogen-bond donors (Lipinski definition) is 2. The molecule has 2 N–H and O–H groups in total. The second-order valence-corrected chi connectivity index (χ2v) is 8.43. The Morgan fingerprint density at radius 3 is 2.61 bits per heavy atom. The van der Waals surface area contributed by atoms with Gasteiger partial charge in [0.2, 0.25) is 5.89 Å². The molecule has 33 heavy (non-hydrogen) atoms. The second-order valence-electron chi connectivity index (χ2n) is 7.24. The SMILES string of the molecule is O=C(NC(=S)Nc1ccc2oc(-c3cccc4ccccc34)nc2c1)c1cccc(Cl)c1Cl. The zero-order valence-corrected chi connectivity index (χ0v) is 19.3. The smallest absolute Gasteiger partial charge is 0.258 e. The van der Waals surface area contributed by atoms with Crippen molar-refractivity contribution in [3.8, 4) is 11.5 Å². The maximum Gasteiger partial charge on any atom is 0.258 e. The molecule has 0 aliphatic heterocycles. The highest BCUT2D eigenvalue weighted by Crippen LogP contribution is 2.31. The number of nitrogens with zero attached hydrogens (tertiary/aromatic N) is 1. The number of benzene rings is 4. The molecule has 0 aliphatic rings. The van der Waals surface area contributed by atoms with E-state index >= 15 is 0 Å². The van der Waals surface area contributed by atoms with E-state index in [-0.39, 0.29) is 15.7 Å². The van der Waals surface area contributed by atoms with Crippen molar-refractivity contribution < 1.29 is 9.21 Å². The predicted molar refractivity (Wildman–Crippen MR) is 137 cm³/mol. The van der Waals surface area contributed by atoms with E-state index in [9.17, 15) is 4.79 Å². The first-order valence-corrected chi connectivity index (χ1v) is 11.1. The van der Waals surface area contributed by atoms with Gasteiger partial charge in [-0.1, -0.05) is 65.7 Å². The van der Waals surface area contributed by atoms with Crippen LogP contribution >= 0.6 is 35.4 Å². The predicted octanol–water partition coefficient (Wildman–Crippen LogP) is 7.08. The monoisotopic (exact) mass is 491 g/mol. The van der Waals surface area contributed by atoms with Crippen LogP contribution in [0.25, 0.3) is 33.3 Å². The van der Waals surface area contributed by atoms with E-state index < -0.39 is 5.91 Å². The van der Waals surface area contributed by atoms with Crippen LogP contribution in [-0.4, -0.2) is 16.0 Å². The third-order valence-corrected chi connectivity index (χ3v) is 6.11. The van der Waals surface area contributed by atoms with Gasteiger partial charge in [0.15, 0.2) is 10.7 Å². The lowest BCUT2D eigenvalue weighted by Gasteiger charge is -2.10. The summed E-state index contributed by atoms with van der Waals surface area (Å²) >= 11 is 17.4. The van der Waals surface area contributed by atoms with Gasteiger partial charge in [-0.2, -0.15) is 0 Å². The molecule has 0 spiro atoms. The van der Waals surface area contributed by atoms with Crippen molar-refractivity contribution >= 4 is 74.0 Å². The van der Waals surface area contributed by atoms with Crippen molar-refractivity contribution in [3.05, 3.63) is 94.5 Å². The van der Waals surface area contributed by atoms with Crippen LogP contribution < -0.4 is 10.6 Å². The van der Waals surface area contributed by atoms with E-state index in [0.29, 0.717) is 27.7 Å². The summed E-state index contributed by atoms with van der Waals surface area (Å²) in [5.74, 6) is 0.0752. The fourth-order valence-electron chi connectivity index (χ4n) is 3.54. The summed E-state index contributed by atoms with van der Waals surface area (Å²) < 4.78 is 6.00. The van der Waals surface area contributed by atoms with Gasteiger partial charge in [0.05, 0.1) is 15.6 Å². The van der Waals surface area contributed by atoms with Crippen molar-refractivity contribution in [2.45, 2.75) is 0 Å². The third-order valence-electron chi connectivity index (χ3n) is 5.09. The van der Waals surface area contributed by atoms with Crippen LogP contribution in [0.2, 0.25) is 10.0 Å². The summed E-state index contributed by atoms with van der Waals surface area (Å²) in [6.45, 7) is 0. The van der Waals surface area contributed by atoms with E-state index in [1.54, 1.807) is 36.4 Å². The standard InChI is InChI=1S/C25H15Cl2N3O2S/c26-19-10-4-9-18(22(19)27)23(31)30-25(33)28-15-11-12-21-20(13-15)29-24(32-21)17-8-3-6-14-5-1-2-7-16(14)17/h1-13H,(H2,28,30,31,33). The Morgan fingerprint density at radius 2 is 1.73 bits per heavy atom. The molecule has 8 heteroatoms. The maximum absolute atomic E-state index is 12.5. The van der Waals surface area contributed by atoms with Crippen LogP contribution in [0.4, 0.5) is 5.69 Å². The molecule has 0 aliphatic carbocycles. The Morgan fingerprint density at radius 1 is 0.939 bits per heavy atom. The highest BCUT2D eigenvalue weighted by molar-refractivity contribution is 7.80. The minimum atomic E-state index is -0.458. The number of carbonyl (C=O) groups is 1. The number of rotatable bonds is 3. The Kier molecular flexibility index (Phi) is 5.72. The van der Waals surface area contributed by atoms with E-state index in [2.05, 4.69) is 27.8 Å². The van der Waals surface area contributed by atoms with E-state index in [1.165, 1.54) is 0 Å². The van der Waals surface area contributed by atoms with Crippen LogP contribution in [0.5, 0.6) is 0 Å². The number of fused-ring (bicyclic) bond motifs is 2. The van der Waals surface area contributed by atoms with Crippen molar-refractivity contribution in [2.75, 3.05) is 5.32 Å². The van der Waals surface area contributed by atoms with Crippen molar-refractivity contribution in [3.63, 3.8) is 0 Å². The Hall–Kier alpha value is -3.45. The van der Waals surface area contributed by atoms with Crippen molar-refractivity contribution in [2.24, 2.45) is 0 Å². The number of carbonyl (C=O) groups excluding carboxylic acids is 1. The molecule has 0 radical (unpaired) electrons. The molecule has 1 amide bonds. The number of anilines is 1. The van der Waals surface area contributed by atoms with Gasteiger partial charge in [0, 0.05) is 11.3 Å². The van der Waals surface area contributed by atoms with Crippen molar-refractivity contribution in [1.29, 1.82) is 0 Å². The lowest BCUT2D eigenvalue weighted by atomic mass is 10.0. The summed E-state index contributed by atoms with van der Waals surface area (Å²) in [7, 11) is 0. The molecular weight excluding hydrogens is 477 g/mol. The van der Waals surface area contributed by atoms with Gasteiger partial charge in [-0.05, 0) is 59.4 Å². The minimum Gasteiger partial charge on any atom is -0.436 e. The number of amides is 1. The largest absolute Gasteiger partial charge is 0.436 e. The molecule has 0 saturated heterocycles. The number of aromatic nitrogens is 1. The molecule has 1 aromatic heterocycles. The van der Waals surface area contributed by atoms with Crippen LogP contribution in [-0.2, 0) is 0 Å². The maximum atomic E-state index is 12.5. The molecule has 5 rings (SSSR count). The molecule has 0 saturated carbocycles. The summed E-state index contributed by atoms with van der Waals surface area (Å²) in [5, 5.41) is 8.35. The normalized spacial score (nSPS) is 11.0. The molecular formula is C25H15Cl2N3O2S. The van der Waals surface area contributed by atoms with E-state index in [4.69, 9.17) is 39.8 Å². The fraction of sp³-hybridized carbons (Fsp3) is 0. The third kappa shape index (κ3) is 4.28.